The van der Waals surface area contributed by atoms with Crippen LogP contribution in [0.3, 0.4) is 0 Å². The van der Waals surface area contributed by atoms with Crippen LogP contribution in [0.25, 0.3) is 0 Å². The number of phosphoric acid groups is 1. The number of aliphatic hydroxyl groups is 3. The average molecular weight is 559 g/mol. The normalized spacial score (nSPS) is 15.8. The van der Waals surface area contributed by atoms with Gasteiger partial charge in [0.1, 0.15) is 18.8 Å². The third-order valence-corrected chi connectivity index (χ3v) is 5.89. The molecule has 218 valence electrons. The molecule has 0 fully saturated rings. The topological polar surface area (TPSA) is 143 Å². The molecular weight excluding hydrogens is 511 g/mol. The Kier molecular flexibility index (Phi) is 24.2. The number of aliphatic hydroxyl groups excluding tert-OH is 3. The number of allylic oxidation sites excluding steroid dienone is 9. The molecule has 0 aliphatic rings. The second-order valence-electron chi connectivity index (χ2n) is 8.59. The van der Waals surface area contributed by atoms with Gasteiger partial charge in [-0.2, -0.15) is 0 Å². The smallest absolute Gasteiger partial charge is 0.463 e. The number of phosphoric ester groups is 1. The average Bonchev–Trinajstić information content (AvgIpc) is 2.90. The van der Waals surface area contributed by atoms with Crippen molar-refractivity contribution in [1.29, 1.82) is 0 Å². The number of ether oxygens (including phenoxy) is 1. The van der Waals surface area contributed by atoms with E-state index < -0.39 is 52.4 Å². The highest BCUT2D eigenvalue weighted by molar-refractivity contribution is 7.47. The molecule has 4 N–H and O–H groups in total. The number of hydrogen-bond acceptors (Lipinski definition) is 8. The van der Waals surface area contributed by atoms with E-state index in [2.05, 4.69) is 58.5 Å². The van der Waals surface area contributed by atoms with E-state index >= 15 is 0 Å². The molecule has 10 heteroatoms. The largest absolute Gasteiger partial charge is 0.472 e. The molecule has 38 heavy (non-hydrogen) atoms. The SMILES string of the molecule is CCCCCCC=CCC=CCC=CCC=CCC=CCC(=O)OC[C@@H](O)COP(=O)(O)OCC(O)CO. The van der Waals surface area contributed by atoms with Crippen LogP contribution in [0.15, 0.2) is 60.8 Å². The Balaban J connectivity index is 3.79. The maximum Gasteiger partial charge on any atom is 0.472 e. The van der Waals surface area contributed by atoms with Crippen LogP contribution in [0.5, 0.6) is 0 Å². The maximum absolute atomic E-state index is 11.7. The molecule has 0 spiro atoms. The Bertz CT molecular complexity index is 774. The number of esters is 1. The zero-order chi connectivity index (χ0) is 28.3. The first-order chi connectivity index (χ1) is 18.3. The molecule has 0 rings (SSSR count). The fraction of sp³-hybridized carbons (Fsp3) is 0.607. The predicted octanol–water partition coefficient (Wildman–Crippen LogP) is 5.08. The van der Waals surface area contributed by atoms with Crippen molar-refractivity contribution in [3.63, 3.8) is 0 Å². The van der Waals surface area contributed by atoms with Gasteiger partial charge in [-0.25, -0.2) is 4.57 Å². The van der Waals surface area contributed by atoms with E-state index in [1.54, 1.807) is 6.08 Å². The van der Waals surface area contributed by atoms with Gasteiger partial charge in [0.25, 0.3) is 0 Å². The predicted molar refractivity (Wildman–Crippen MR) is 149 cm³/mol. The lowest BCUT2D eigenvalue weighted by molar-refractivity contribution is -0.146. The summed E-state index contributed by atoms with van der Waals surface area (Å²) >= 11 is 0. The van der Waals surface area contributed by atoms with Crippen LogP contribution in [0.4, 0.5) is 0 Å². The molecule has 0 aliphatic carbocycles. The number of carbonyl (C=O) groups excluding carboxylic acids is 1. The Morgan fingerprint density at radius 1 is 0.737 bits per heavy atom. The van der Waals surface area contributed by atoms with Gasteiger partial charge in [-0.1, -0.05) is 86.9 Å². The van der Waals surface area contributed by atoms with Crippen molar-refractivity contribution in [2.75, 3.05) is 26.4 Å². The van der Waals surface area contributed by atoms with Crippen molar-refractivity contribution in [3.05, 3.63) is 60.8 Å². The van der Waals surface area contributed by atoms with Crippen LogP contribution >= 0.6 is 7.82 Å². The first-order valence-electron chi connectivity index (χ1n) is 13.3. The summed E-state index contributed by atoms with van der Waals surface area (Å²) in [6, 6.07) is 0. The van der Waals surface area contributed by atoms with Crippen LogP contribution in [-0.4, -0.2) is 64.8 Å². The van der Waals surface area contributed by atoms with E-state index in [0.717, 1.165) is 19.3 Å². The van der Waals surface area contributed by atoms with Crippen molar-refractivity contribution < 1.29 is 43.4 Å². The van der Waals surface area contributed by atoms with Gasteiger partial charge in [-0.15, -0.1) is 0 Å². The third-order valence-electron chi connectivity index (χ3n) is 4.94. The minimum absolute atomic E-state index is 0.0301. The van der Waals surface area contributed by atoms with Crippen LogP contribution in [0.1, 0.15) is 71.1 Å². The minimum Gasteiger partial charge on any atom is -0.463 e. The Morgan fingerprint density at radius 2 is 1.24 bits per heavy atom. The molecule has 0 radical (unpaired) electrons. The van der Waals surface area contributed by atoms with E-state index in [9.17, 15) is 19.4 Å². The summed E-state index contributed by atoms with van der Waals surface area (Å²) in [5.74, 6) is -0.558. The highest BCUT2D eigenvalue weighted by atomic mass is 31.2. The summed E-state index contributed by atoms with van der Waals surface area (Å²) in [6.07, 6.45) is 27.8. The molecule has 0 amide bonds. The van der Waals surface area contributed by atoms with Gasteiger partial charge in [-0.3, -0.25) is 13.8 Å². The Hall–Kier alpha value is -1.84. The highest BCUT2D eigenvalue weighted by Crippen LogP contribution is 2.43. The number of unbranched alkanes of at least 4 members (excludes halogenated alkanes) is 4. The van der Waals surface area contributed by atoms with Crippen LogP contribution in [-0.2, 0) is 23.1 Å². The quantitative estimate of drug-likeness (QED) is 0.0552. The number of rotatable bonds is 24. The van der Waals surface area contributed by atoms with Gasteiger partial charge in [0.05, 0.1) is 26.2 Å². The second-order valence-corrected chi connectivity index (χ2v) is 10.0. The van der Waals surface area contributed by atoms with E-state index in [-0.39, 0.29) is 6.42 Å². The van der Waals surface area contributed by atoms with Gasteiger partial charge < -0.3 is 24.9 Å². The minimum atomic E-state index is -4.51. The van der Waals surface area contributed by atoms with Crippen molar-refractivity contribution in [2.45, 2.75) is 83.3 Å². The van der Waals surface area contributed by atoms with Gasteiger partial charge in [0, 0.05) is 0 Å². The molecule has 0 bridgehead atoms. The Morgan fingerprint density at radius 3 is 1.76 bits per heavy atom. The molecule has 0 aromatic heterocycles. The van der Waals surface area contributed by atoms with Gasteiger partial charge in [0.2, 0.25) is 0 Å². The zero-order valence-corrected chi connectivity index (χ0v) is 23.5. The van der Waals surface area contributed by atoms with E-state index in [4.69, 9.17) is 14.9 Å². The van der Waals surface area contributed by atoms with Crippen molar-refractivity contribution in [3.8, 4) is 0 Å². The molecule has 0 aliphatic heterocycles. The zero-order valence-electron chi connectivity index (χ0n) is 22.6. The monoisotopic (exact) mass is 558 g/mol. The molecule has 2 unspecified atom stereocenters. The summed E-state index contributed by atoms with van der Waals surface area (Å²) in [7, 11) is -4.51. The van der Waals surface area contributed by atoms with Crippen molar-refractivity contribution in [2.24, 2.45) is 0 Å². The molecule has 0 aromatic rings. The fourth-order valence-corrected chi connectivity index (χ4v) is 3.61. The lowest BCUT2D eigenvalue weighted by Gasteiger charge is -2.16. The lowest BCUT2D eigenvalue weighted by atomic mass is 10.1. The van der Waals surface area contributed by atoms with Gasteiger partial charge >= 0.3 is 13.8 Å². The van der Waals surface area contributed by atoms with E-state index in [1.807, 2.05) is 12.2 Å². The molecular formula is C28H47O9P. The lowest BCUT2D eigenvalue weighted by Crippen LogP contribution is -2.24. The molecule has 0 saturated heterocycles. The molecule has 0 aromatic carbocycles. The number of carbonyl (C=O) groups is 1. The summed E-state index contributed by atoms with van der Waals surface area (Å²) in [5.41, 5.74) is 0. The molecule has 0 saturated carbocycles. The third kappa shape index (κ3) is 25.8. The Labute approximate surface area is 227 Å². The van der Waals surface area contributed by atoms with Crippen LogP contribution < -0.4 is 0 Å². The van der Waals surface area contributed by atoms with Gasteiger partial charge in [-0.05, 0) is 38.5 Å². The van der Waals surface area contributed by atoms with E-state index in [0.29, 0.717) is 6.42 Å². The van der Waals surface area contributed by atoms with E-state index in [1.165, 1.54) is 32.1 Å². The summed E-state index contributed by atoms with van der Waals surface area (Å²) in [4.78, 5) is 21.1. The number of hydrogen-bond donors (Lipinski definition) is 4. The first-order valence-corrected chi connectivity index (χ1v) is 14.8. The van der Waals surface area contributed by atoms with Crippen LogP contribution in [0.2, 0.25) is 0 Å². The summed E-state index contributed by atoms with van der Waals surface area (Å²) < 4.78 is 25.4. The molecule has 3 atom stereocenters. The molecule has 9 nitrogen and oxygen atoms in total. The fourth-order valence-electron chi connectivity index (χ4n) is 2.82. The maximum atomic E-state index is 11.7. The van der Waals surface area contributed by atoms with Crippen LogP contribution in [0, 0.1) is 0 Å². The summed E-state index contributed by atoms with van der Waals surface area (Å²) in [5, 5.41) is 27.4. The highest BCUT2D eigenvalue weighted by Gasteiger charge is 2.24. The standard InChI is InChI=1S/C28H47O9P/c1-2-3-4-5-6-7-8-9-10-11-12-13-14-15-16-17-18-19-20-21-28(32)35-23-27(31)25-37-38(33,34)36-24-26(30)22-29/h7-8,10-11,13-14,16-17,19-20,26-27,29-31H,2-6,9,12,15,18,21-25H2,1H3,(H,33,34)/t26?,27-/m1/s1. The van der Waals surface area contributed by atoms with Gasteiger partial charge in [0.15, 0.2) is 0 Å². The molecule has 0 heterocycles. The summed E-state index contributed by atoms with van der Waals surface area (Å²) in [6.45, 7) is -0.0504. The second kappa shape index (κ2) is 25.4. The van der Waals surface area contributed by atoms with Crippen molar-refractivity contribution >= 4 is 13.8 Å². The first kappa shape index (κ1) is 36.2. The van der Waals surface area contributed by atoms with Crippen molar-refractivity contribution in [1.82, 2.24) is 0 Å².